The first kappa shape index (κ1) is 37.3. The van der Waals surface area contributed by atoms with E-state index >= 15 is 0 Å². The number of aryl methyl sites for hydroxylation is 1. The number of nitrogens with zero attached hydrogens (tertiary/aromatic N) is 5. The Balaban J connectivity index is 2.02. The Morgan fingerprint density at radius 3 is 1.93 bits per heavy atom. The largest absolute Gasteiger partial charge is 0.391 e. The SMILES string of the molecule is CCCCCCC(O)COCCN(CCOCC(O)CCCCCC)c1ccc(N=Nc2sc(C#N)c(C)c2C#N)c(C)c1. The van der Waals surface area contributed by atoms with E-state index in [1.807, 2.05) is 25.1 Å². The average molecular weight is 626 g/mol. The molecule has 0 radical (unpaired) electrons. The number of hydrogen-bond acceptors (Lipinski definition) is 10. The molecule has 0 aliphatic heterocycles. The third-order valence-electron chi connectivity index (χ3n) is 7.55. The van der Waals surface area contributed by atoms with Crippen molar-refractivity contribution in [3.63, 3.8) is 0 Å². The molecule has 9 nitrogen and oxygen atoms in total. The molecule has 0 spiro atoms. The van der Waals surface area contributed by atoms with Crippen LogP contribution in [0.5, 0.6) is 0 Å². The van der Waals surface area contributed by atoms with Crippen LogP contribution in [0.15, 0.2) is 28.4 Å². The Morgan fingerprint density at radius 1 is 0.841 bits per heavy atom. The zero-order valence-corrected chi connectivity index (χ0v) is 27.9. The molecule has 0 bridgehead atoms. The summed E-state index contributed by atoms with van der Waals surface area (Å²) in [6.07, 6.45) is 9.64. The van der Waals surface area contributed by atoms with Gasteiger partial charge in [-0.1, -0.05) is 65.2 Å². The summed E-state index contributed by atoms with van der Waals surface area (Å²) in [5.74, 6) is 0. The maximum Gasteiger partial charge on any atom is 0.158 e. The second kappa shape index (κ2) is 21.8. The summed E-state index contributed by atoms with van der Waals surface area (Å²) in [6.45, 7) is 10.8. The molecular weight excluding hydrogens is 574 g/mol. The molecule has 2 N–H and O–H groups in total. The van der Waals surface area contributed by atoms with Crippen molar-refractivity contribution in [2.45, 2.75) is 104 Å². The Bertz CT molecular complexity index is 1190. The molecule has 1 aromatic carbocycles. The van der Waals surface area contributed by atoms with Crippen LogP contribution in [-0.2, 0) is 9.47 Å². The normalized spacial score (nSPS) is 12.7. The minimum Gasteiger partial charge on any atom is -0.391 e. The van der Waals surface area contributed by atoms with Crippen LogP contribution in [0.1, 0.15) is 99.6 Å². The second-order valence-corrected chi connectivity index (χ2v) is 12.3. The standard InChI is InChI=1S/C34H51N5O4S/c1-5-7-9-11-13-29(40)24-42-19-17-39(18-20-43-25-30(41)14-12-10-8-6-2)28-15-16-32(26(3)21-28)37-38-34-31(22-35)27(4)33(23-36)44-34/h15-16,21,29-30,40-41H,5-14,17-20,24-25H2,1-4H3. The third kappa shape index (κ3) is 13.4. The third-order valence-corrected chi connectivity index (χ3v) is 8.63. The maximum absolute atomic E-state index is 10.3. The molecule has 0 fully saturated rings. The molecule has 0 saturated carbocycles. The summed E-state index contributed by atoms with van der Waals surface area (Å²) in [6, 6.07) is 10.1. The minimum absolute atomic E-state index is 0.319. The van der Waals surface area contributed by atoms with Crippen molar-refractivity contribution in [1.82, 2.24) is 0 Å². The van der Waals surface area contributed by atoms with Gasteiger partial charge in [-0.25, -0.2) is 0 Å². The van der Waals surface area contributed by atoms with Crippen LogP contribution in [0.2, 0.25) is 0 Å². The summed E-state index contributed by atoms with van der Waals surface area (Å²) in [4.78, 5) is 2.64. The van der Waals surface area contributed by atoms with E-state index < -0.39 is 12.2 Å². The van der Waals surface area contributed by atoms with E-state index in [0.717, 1.165) is 49.8 Å². The van der Waals surface area contributed by atoms with Crippen molar-refractivity contribution in [2.24, 2.45) is 10.2 Å². The monoisotopic (exact) mass is 625 g/mol. The Morgan fingerprint density at radius 2 is 1.43 bits per heavy atom. The fraction of sp³-hybridized carbons (Fsp3) is 0.647. The highest BCUT2D eigenvalue weighted by molar-refractivity contribution is 7.16. The summed E-state index contributed by atoms with van der Waals surface area (Å²) in [5, 5.41) is 48.5. The number of hydrogen-bond donors (Lipinski definition) is 2. The smallest absolute Gasteiger partial charge is 0.158 e. The number of anilines is 1. The summed E-state index contributed by atoms with van der Waals surface area (Å²) in [5.41, 5.74) is 3.58. The van der Waals surface area contributed by atoms with E-state index in [9.17, 15) is 20.7 Å². The van der Waals surface area contributed by atoms with Crippen molar-refractivity contribution < 1.29 is 19.7 Å². The van der Waals surface area contributed by atoms with Crippen molar-refractivity contribution in [1.29, 1.82) is 10.5 Å². The summed E-state index contributed by atoms with van der Waals surface area (Å²) in [7, 11) is 0. The molecule has 0 saturated heterocycles. The van der Waals surface area contributed by atoms with Crippen LogP contribution < -0.4 is 4.90 Å². The van der Waals surface area contributed by atoms with Gasteiger partial charge in [0.1, 0.15) is 17.0 Å². The van der Waals surface area contributed by atoms with Gasteiger partial charge < -0.3 is 24.6 Å². The fourth-order valence-electron chi connectivity index (χ4n) is 4.79. The van der Waals surface area contributed by atoms with Crippen molar-refractivity contribution >= 4 is 27.7 Å². The second-order valence-electron chi connectivity index (χ2n) is 11.3. The van der Waals surface area contributed by atoms with E-state index in [1.165, 1.54) is 37.0 Å². The number of benzene rings is 1. The number of thiophene rings is 1. The van der Waals surface area contributed by atoms with Gasteiger partial charge in [0.2, 0.25) is 0 Å². The molecule has 1 aromatic heterocycles. The fourth-order valence-corrected chi connectivity index (χ4v) is 5.67. The Labute approximate surface area is 268 Å². The van der Waals surface area contributed by atoms with Crippen LogP contribution in [0.25, 0.3) is 0 Å². The maximum atomic E-state index is 10.3. The Kier molecular flexibility index (Phi) is 18.5. The first-order chi connectivity index (χ1) is 21.3. The number of ether oxygens (including phenoxy) is 2. The molecule has 0 aliphatic rings. The van der Waals surface area contributed by atoms with Gasteiger partial charge in [-0.05, 0) is 56.0 Å². The highest BCUT2D eigenvalue weighted by Gasteiger charge is 2.15. The molecule has 1 heterocycles. The first-order valence-corrected chi connectivity index (χ1v) is 16.9. The zero-order valence-electron chi connectivity index (χ0n) is 27.1. The molecule has 242 valence electrons. The highest BCUT2D eigenvalue weighted by Crippen LogP contribution is 2.36. The molecule has 2 rings (SSSR count). The molecule has 2 aromatic rings. The number of aliphatic hydroxyl groups excluding tert-OH is 2. The van der Waals surface area contributed by atoms with Crippen molar-refractivity contribution in [3.8, 4) is 12.1 Å². The van der Waals surface area contributed by atoms with Gasteiger partial charge in [0.25, 0.3) is 0 Å². The molecule has 2 unspecified atom stereocenters. The number of rotatable bonds is 23. The van der Waals surface area contributed by atoms with Gasteiger partial charge in [-0.15, -0.1) is 21.6 Å². The Hall–Kier alpha value is -2.86. The molecular formula is C34H51N5O4S. The van der Waals surface area contributed by atoms with Gasteiger partial charge >= 0.3 is 0 Å². The average Bonchev–Trinajstić information content (AvgIpc) is 3.33. The van der Waals surface area contributed by atoms with Gasteiger partial charge in [0.15, 0.2) is 5.00 Å². The van der Waals surface area contributed by atoms with Crippen molar-refractivity contribution in [2.75, 3.05) is 44.4 Å². The lowest BCUT2D eigenvalue weighted by molar-refractivity contribution is 0.0291. The summed E-state index contributed by atoms with van der Waals surface area (Å²) < 4.78 is 11.7. The predicted octanol–water partition coefficient (Wildman–Crippen LogP) is 8.03. The molecule has 10 heteroatoms. The van der Waals surface area contributed by atoms with Gasteiger partial charge in [-0.3, -0.25) is 0 Å². The van der Waals surface area contributed by atoms with Crippen molar-refractivity contribution in [3.05, 3.63) is 39.8 Å². The van der Waals surface area contributed by atoms with Crippen LogP contribution in [-0.4, -0.2) is 61.9 Å². The van der Waals surface area contributed by atoms with Crippen LogP contribution in [0, 0.1) is 36.5 Å². The lowest BCUT2D eigenvalue weighted by Crippen LogP contribution is -2.32. The lowest BCUT2D eigenvalue weighted by Gasteiger charge is -2.26. The van der Waals surface area contributed by atoms with E-state index in [0.29, 0.717) is 66.2 Å². The van der Waals surface area contributed by atoms with E-state index in [1.54, 1.807) is 6.92 Å². The van der Waals surface area contributed by atoms with Crippen LogP contribution in [0.4, 0.5) is 16.4 Å². The van der Waals surface area contributed by atoms with E-state index in [2.05, 4.69) is 41.1 Å². The number of aliphatic hydroxyl groups is 2. The quantitative estimate of drug-likeness (QED) is 0.0943. The summed E-state index contributed by atoms with van der Waals surface area (Å²) >= 11 is 1.17. The molecule has 0 aliphatic carbocycles. The minimum atomic E-state index is -0.452. The van der Waals surface area contributed by atoms with Crippen LogP contribution in [0.3, 0.4) is 0 Å². The van der Waals surface area contributed by atoms with Crippen LogP contribution >= 0.6 is 11.3 Å². The molecule has 44 heavy (non-hydrogen) atoms. The number of unbranched alkanes of at least 4 members (excludes halogenated alkanes) is 6. The highest BCUT2D eigenvalue weighted by atomic mass is 32.1. The number of nitriles is 2. The van der Waals surface area contributed by atoms with Gasteiger partial charge in [0.05, 0.1) is 49.9 Å². The van der Waals surface area contributed by atoms with E-state index in [4.69, 9.17) is 9.47 Å². The van der Waals surface area contributed by atoms with Gasteiger partial charge in [-0.2, -0.15) is 10.5 Å². The predicted molar refractivity (Wildman–Crippen MR) is 177 cm³/mol. The van der Waals surface area contributed by atoms with Gasteiger partial charge in [0, 0.05) is 18.8 Å². The topological polar surface area (TPSA) is 134 Å². The first-order valence-electron chi connectivity index (χ1n) is 16.1. The zero-order chi connectivity index (χ0) is 32.2. The lowest BCUT2D eigenvalue weighted by atomic mass is 10.1. The number of azo groups is 1. The molecule has 0 amide bonds. The van der Waals surface area contributed by atoms with E-state index in [-0.39, 0.29) is 0 Å². The molecule has 2 atom stereocenters.